The maximum absolute atomic E-state index is 14.0. The van der Waals surface area contributed by atoms with Crippen molar-refractivity contribution in [2.24, 2.45) is 0 Å². The summed E-state index contributed by atoms with van der Waals surface area (Å²) in [7, 11) is 0. The highest BCUT2D eigenvalue weighted by atomic mass is 19.1. The van der Waals surface area contributed by atoms with Crippen molar-refractivity contribution in [3.05, 3.63) is 109 Å². The molecule has 2 aromatic carbocycles. The molecule has 0 atom stereocenters. The fraction of sp³-hybridized carbons (Fsp3) is 0.111. The molecule has 0 spiro atoms. The molecule has 0 unspecified atom stereocenters. The van der Waals surface area contributed by atoms with E-state index in [-0.39, 0.29) is 18.1 Å². The molecule has 3 heterocycles. The molecule has 0 fully saturated rings. The summed E-state index contributed by atoms with van der Waals surface area (Å²) in [6, 6.07) is 19.9. The zero-order chi connectivity index (χ0) is 24.0. The lowest BCUT2D eigenvalue weighted by Gasteiger charge is -2.05. The van der Waals surface area contributed by atoms with Crippen LogP contribution in [0, 0.1) is 5.82 Å². The minimum absolute atomic E-state index is 0.149. The Morgan fingerprint density at radius 3 is 2.57 bits per heavy atom. The van der Waals surface area contributed by atoms with Crippen molar-refractivity contribution in [1.82, 2.24) is 25.1 Å². The molecule has 7 nitrogen and oxygen atoms in total. The van der Waals surface area contributed by atoms with Gasteiger partial charge in [-0.3, -0.25) is 9.78 Å². The molecule has 1 amide bonds. The number of hydrogen-bond donors (Lipinski definition) is 1. The maximum atomic E-state index is 14.0. The van der Waals surface area contributed by atoms with Gasteiger partial charge in [-0.05, 0) is 36.4 Å². The number of aryl methyl sites for hydroxylation is 1. The topological polar surface area (TPSA) is 85.8 Å². The number of halogens is 1. The van der Waals surface area contributed by atoms with Crippen LogP contribution in [-0.2, 0) is 17.8 Å². The highest BCUT2D eigenvalue weighted by Crippen LogP contribution is 2.24. The number of pyridine rings is 1. The molecule has 1 N–H and O–H groups in total. The Bertz CT molecular complexity index is 1430. The third kappa shape index (κ3) is 5.16. The van der Waals surface area contributed by atoms with Crippen LogP contribution in [-0.4, -0.2) is 25.7 Å². The third-order valence-electron chi connectivity index (χ3n) is 5.50. The molecule has 0 aliphatic rings. The first-order valence-electron chi connectivity index (χ1n) is 11.2. The minimum Gasteiger partial charge on any atom is -0.441 e. The van der Waals surface area contributed by atoms with Gasteiger partial charge in [0.1, 0.15) is 5.82 Å². The molecule has 174 valence electrons. The standard InChI is InChI=1S/C27H22FN5O2/c28-23-9-5-4-8-22(23)24-17-31-26(35-24)11-10-25(34)30-16-20-18-33(21-6-2-1-3-7-21)32-27(20)19-12-14-29-15-13-19/h1-9,12-15,17-18H,10-11,16H2,(H,30,34). The number of nitrogens with one attached hydrogen (secondary N) is 1. The molecule has 35 heavy (non-hydrogen) atoms. The first-order valence-corrected chi connectivity index (χ1v) is 11.2. The average Bonchev–Trinajstić information content (AvgIpc) is 3.55. The van der Waals surface area contributed by atoms with Gasteiger partial charge in [0.2, 0.25) is 5.91 Å². The number of rotatable bonds is 8. The van der Waals surface area contributed by atoms with Crippen LogP contribution in [0.15, 0.2) is 95.9 Å². The van der Waals surface area contributed by atoms with Crippen molar-refractivity contribution < 1.29 is 13.6 Å². The number of oxazole rings is 1. The lowest BCUT2D eigenvalue weighted by molar-refractivity contribution is -0.121. The SMILES string of the molecule is O=C(CCc1ncc(-c2ccccc2F)o1)NCc1cn(-c2ccccc2)nc1-c1ccncc1. The van der Waals surface area contributed by atoms with Gasteiger partial charge in [-0.1, -0.05) is 30.3 Å². The molecule has 0 aliphatic carbocycles. The molecule has 0 aliphatic heterocycles. The Labute approximate surface area is 201 Å². The molecule has 3 aromatic heterocycles. The van der Waals surface area contributed by atoms with Gasteiger partial charge in [-0.15, -0.1) is 0 Å². The van der Waals surface area contributed by atoms with Gasteiger partial charge in [0.25, 0.3) is 0 Å². The van der Waals surface area contributed by atoms with Crippen molar-refractivity contribution in [2.45, 2.75) is 19.4 Å². The molecule has 0 saturated carbocycles. The second kappa shape index (κ2) is 10.1. The molecule has 0 radical (unpaired) electrons. The van der Waals surface area contributed by atoms with Crippen LogP contribution in [0.2, 0.25) is 0 Å². The van der Waals surface area contributed by atoms with Gasteiger partial charge in [0, 0.05) is 49.1 Å². The molecular formula is C27H22FN5O2. The van der Waals surface area contributed by atoms with E-state index in [2.05, 4.69) is 15.3 Å². The highest BCUT2D eigenvalue weighted by Gasteiger charge is 2.15. The number of amides is 1. The maximum Gasteiger partial charge on any atom is 0.220 e. The predicted octanol–water partition coefficient (Wildman–Crippen LogP) is 4.98. The van der Waals surface area contributed by atoms with Gasteiger partial charge in [-0.25, -0.2) is 14.1 Å². The molecule has 0 saturated heterocycles. The second-order valence-corrected chi connectivity index (χ2v) is 7.89. The van der Waals surface area contributed by atoms with Gasteiger partial charge in [0.15, 0.2) is 11.7 Å². The van der Waals surface area contributed by atoms with Crippen LogP contribution >= 0.6 is 0 Å². The largest absolute Gasteiger partial charge is 0.441 e. The van der Waals surface area contributed by atoms with Gasteiger partial charge >= 0.3 is 0 Å². The first kappa shape index (κ1) is 22.2. The van der Waals surface area contributed by atoms with Crippen LogP contribution in [0.3, 0.4) is 0 Å². The van der Waals surface area contributed by atoms with E-state index in [1.165, 1.54) is 12.3 Å². The number of aromatic nitrogens is 4. The van der Waals surface area contributed by atoms with Crippen LogP contribution < -0.4 is 5.32 Å². The van der Waals surface area contributed by atoms with Crippen molar-refractivity contribution >= 4 is 5.91 Å². The Balaban J connectivity index is 1.25. The Hall–Kier alpha value is -4.59. The van der Waals surface area contributed by atoms with Crippen molar-refractivity contribution in [2.75, 3.05) is 0 Å². The summed E-state index contributed by atoms with van der Waals surface area (Å²) >= 11 is 0. The second-order valence-electron chi connectivity index (χ2n) is 7.89. The van der Waals surface area contributed by atoms with E-state index in [0.717, 1.165) is 22.5 Å². The van der Waals surface area contributed by atoms with Gasteiger partial charge in [-0.2, -0.15) is 5.10 Å². The highest BCUT2D eigenvalue weighted by molar-refractivity contribution is 5.76. The smallest absolute Gasteiger partial charge is 0.220 e. The van der Waals surface area contributed by atoms with E-state index in [1.54, 1.807) is 35.3 Å². The number of hydrogen-bond acceptors (Lipinski definition) is 5. The number of carbonyl (C=O) groups excluding carboxylic acids is 1. The summed E-state index contributed by atoms with van der Waals surface area (Å²) in [5.41, 5.74) is 3.84. The summed E-state index contributed by atoms with van der Waals surface area (Å²) in [5, 5.41) is 7.70. The summed E-state index contributed by atoms with van der Waals surface area (Å²) in [5.74, 6) is 0.194. The fourth-order valence-corrected chi connectivity index (χ4v) is 3.72. The molecule has 5 rings (SSSR count). The lowest BCUT2D eigenvalue weighted by atomic mass is 10.1. The van der Waals surface area contributed by atoms with Gasteiger partial charge in [0.05, 0.1) is 23.1 Å². The molecule has 5 aromatic rings. The van der Waals surface area contributed by atoms with Crippen LogP contribution in [0.4, 0.5) is 4.39 Å². The summed E-state index contributed by atoms with van der Waals surface area (Å²) < 4.78 is 21.4. The number of benzene rings is 2. The average molecular weight is 468 g/mol. The fourth-order valence-electron chi connectivity index (χ4n) is 3.72. The van der Waals surface area contributed by atoms with E-state index in [1.807, 2.05) is 48.7 Å². The van der Waals surface area contributed by atoms with Crippen LogP contribution in [0.5, 0.6) is 0 Å². The zero-order valence-corrected chi connectivity index (χ0v) is 18.8. The van der Waals surface area contributed by atoms with E-state index < -0.39 is 0 Å². The Kier molecular flexibility index (Phi) is 6.43. The van der Waals surface area contributed by atoms with E-state index in [0.29, 0.717) is 30.2 Å². The van der Waals surface area contributed by atoms with E-state index in [9.17, 15) is 9.18 Å². The minimum atomic E-state index is -0.381. The summed E-state index contributed by atoms with van der Waals surface area (Å²) in [4.78, 5) is 20.8. The predicted molar refractivity (Wildman–Crippen MR) is 129 cm³/mol. The number of carbonyl (C=O) groups is 1. The van der Waals surface area contributed by atoms with Crippen molar-refractivity contribution in [1.29, 1.82) is 0 Å². The third-order valence-corrected chi connectivity index (χ3v) is 5.50. The van der Waals surface area contributed by atoms with Crippen molar-refractivity contribution in [3.8, 4) is 28.3 Å². The first-order chi connectivity index (χ1) is 17.2. The molecule has 0 bridgehead atoms. The Morgan fingerprint density at radius 1 is 1.00 bits per heavy atom. The quantitative estimate of drug-likeness (QED) is 0.348. The Morgan fingerprint density at radius 2 is 1.77 bits per heavy atom. The van der Waals surface area contributed by atoms with E-state index >= 15 is 0 Å². The zero-order valence-electron chi connectivity index (χ0n) is 18.8. The summed E-state index contributed by atoms with van der Waals surface area (Å²) in [6.45, 7) is 0.315. The van der Waals surface area contributed by atoms with Crippen LogP contribution in [0.25, 0.3) is 28.3 Å². The lowest BCUT2D eigenvalue weighted by Crippen LogP contribution is -2.23. The summed E-state index contributed by atoms with van der Waals surface area (Å²) in [6.07, 6.45) is 7.32. The number of nitrogens with zero attached hydrogens (tertiary/aromatic N) is 4. The monoisotopic (exact) mass is 467 g/mol. The van der Waals surface area contributed by atoms with Crippen molar-refractivity contribution in [3.63, 3.8) is 0 Å². The van der Waals surface area contributed by atoms with Crippen LogP contribution in [0.1, 0.15) is 17.9 Å². The molecular weight excluding hydrogens is 445 g/mol. The normalized spacial score (nSPS) is 10.9. The number of para-hydroxylation sites is 1. The van der Waals surface area contributed by atoms with Gasteiger partial charge < -0.3 is 9.73 Å². The van der Waals surface area contributed by atoms with E-state index in [4.69, 9.17) is 9.52 Å². The molecule has 8 heteroatoms.